The predicted octanol–water partition coefficient (Wildman–Crippen LogP) is 1.84. The van der Waals surface area contributed by atoms with Crippen LogP contribution >= 0.6 is 11.6 Å². The second kappa shape index (κ2) is 5.57. The first-order valence-electron chi connectivity index (χ1n) is 6.81. The van der Waals surface area contributed by atoms with Gasteiger partial charge in [0.05, 0.1) is 5.02 Å². The largest absolute Gasteiger partial charge is 0.327 e. The molecule has 1 saturated heterocycles. The maximum atomic E-state index is 13.0. The second-order valence-corrected chi connectivity index (χ2v) is 5.71. The Bertz CT molecular complexity index is 663. The third kappa shape index (κ3) is 2.89. The Labute approximate surface area is 130 Å². The highest BCUT2D eigenvalue weighted by Gasteiger charge is 2.44. The third-order valence-corrected chi connectivity index (χ3v) is 3.87. The summed E-state index contributed by atoms with van der Waals surface area (Å²) in [7, 11) is 0. The molecular weight excluding hydrogens is 313 g/mol. The molecular formula is C14H13ClFN3O3. The van der Waals surface area contributed by atoms with Crippen LogP contribution in [-0.2, 0) is 9.59 Å². The van der Waals surface area contributed by atoms with Gasteiger partial charge in [0.2, 0.25) is 5.91 Å². The second-order valence-electron chi connectivity index (χ2n) is 5.30. The van der Waals surface area contributed by atoms with Gasteiger partial charge in [0.15, 0.2) is 0 Å². The molecule has 1 saturated carbocycles. The van der Waals surface area contributed by atoms with Crippen molar-refractivity contribution in [2.75, 3.05) is 18.4 Å². The van der Waals surface area contributed by atoms with Gasteiger partial charge in [-0.2, -0.15) is 0 Å². The van der Waals surface area contributed by atoms with Crippen LogP contribution in [0.1, 0.15) is 12.8 Å². The number of hydrogen-bond donors (Lipinski definition) is 1. The summed E-state index contributed by atoms with van der Waals surface area (Å²) < 4.78 is 13.0. The maximum Gasteiger partial charge on any atom is 0.327 e. The quantitative estimate of drug-likeness (QED) is 0.859. The minimum absolute atomic E-state index is 0.0269. The van der Waals surface area contributed by atoms with Crippen molar-refractivity contribution in [3.05, 3.63) is 29.0 Å². The molecule has 1 aliphatic carbocycles. The zero-order chi connectivity index (χ0) is 15.9. The summed E-state index contributed by atoms with van der Waals surface area (Å²) in [6, 6.07) is 3.43. The lowest BCUT2D eigenvalue weighted by Crippen LogP contribution is -2.39. The molecule has 0 atom stereocenters. The van der Waals surface area contributed by atoms with Gasteiger partial charge in [0, 0.05) is 11.7 Å². The Kier molecular flexibility index (Phi) is 3.74. The molecule has 0 bridgehead atoms. The van der Waals surface area contributed by atoms with E-state index in [2.05, 4.69) is 5.32 Å². The van der Waals surface area contributed by atoms with Gasteiger partial charge in [-0.3, -0.25) is 14.5 Å². The van der Waals surface area contributed by atoms with Crippen molar-refractivity contribution in [2.24, 2.45) is 0 Å². The van der Waals surface area contributed by atoms with Crippen LogP contribution in [0.5, 0.6) is 0 Å². The van der Waals surface area contributed by atoms with E-state index in [1.165, 1.54) is 17.0 Å². The number of carbonyl (C=O) groups excluding carboxylic acids is 3. The van der Waals surface area contributed by atoms with Crippen LogP contribution in [0.25, 0.3) is 0 Å². The van der Waals surface area contributed by atoms with Crippen molar-refractivity contribution in [1.82, 2.24) is 9.80 Å². The van der Waals surface area contributed by atoms with E-state index in [-0.39, 0.29) is 30.1 Å². The number of anilines is 1. The van der Waals surface area contributed by atoms with E-state index in [1.54, 1.807) is 0 Å². The monoisotopic (exact) mass is 325 g/mol. The first-order chi connectivity index (χ1) is 10.5. The van der Waals surface area contributed by atoms with Crippen molar-refractivity contribution in [2.45, 2.75) is 18.9 Å². The average Bonchev–Trinajstić information content (AvgIpc) is 3.26. The molecule has 0 radical (unpaired) electrons. The smallest absolute Gasteiger partial charge is 0.324 e. The standard InChI is InChI=1S/C14H13ClFN3O3/c15-10-5-8(1-4-11(10)16)17-12(20)6-19-13(21)7-18(14(19)22)9-2-3-9/h1,4-5,9H,2-3,6-7H2,(H,17,20). The molecule has 1 aromatic rings. The molecule has 3 rings (SSSR count). The zero-order valence-electron chi connectivity index (χ0n) is 11.5. The number of hydrogen-bond acceptors (Lipinski definition) is 3. The topological polar surface area (TPSA) is 69.7 Å². The van der Waals surface area contributed by atoms with Crippen LogP contribution in [0.2, 0.25) is 5.02 Å². The molecule has 116 valence electrons. The van der Waals surface area contributed by atoms with Gasteiger partial charge in [0.1, 0.15) is 18.9 Å². The van der Waals surface area contributed by atoms with Crippen LogP contribution < -0.4 is 5.32 Å². The first-order valence-corrected chi connectivity index (χ1v) is 7.19. The average molecular weight is 326 g/mol. The highest BCUT2D eigenvalue weighted by atomic mass is 35.5. The zero-order valence-corrected chi connectivity index (χ0v) is 12.3. The molecule has 1 heterocycles. The molecule has 0 unspecified atom stereocenters. The minimum atomic E-state index is -0.593. The lowest BCUT2D eigenvalue weighted by molar-refractivity contribution is -0.129. The SMILES string of the molecule is O=C(CN1C(=O)CN(C2CC2)C1=O)Nc1ccc(F)c(Cl)c1. The normalized spacial score (nSPS) is 18.1. The Morgan fingerprint density at radius 1 is 1.36 bits per heavy atom. The Morgan fingerprint density at radius 3 is 2.73 bits per heavy atom. The fourth-order valence-corrected chi connectivity index (χ4v) is 2.49. The highest BCUT2D eigenvalue weighted by molar-refractivity contribution is 6.31. The number of rotatable bonds is 4. The van der Waals surface area contributed by atoms with Crippen molar-refractivity contribution < 1.29 is 18.8 Å². The predicted molar refractivity (Wildman–Crippen MR) is 76.9 cm³/mol. The van der Waals surface area contributed by atoms with E-state index < -0.39 is 17.8 Å². The Balaban J connectivity index is 1.62. The molecule has 4 amide bonds. The van der Waals surface area contributed by atoms with Crippen molar-refractivity contribution in [3.63, 3.8) is 0 Å². The van der Waals surface area contributed by atoms with Crippen LogP contribution in [0.4, 0.5) is 14.9 Å². The summed E-state index contributed by atoms with van der Waals surface area (Å²) in [5, 5.41) is 2.36. The van der Waals surface area contributed by atoms with E-state index in [1.807, 2.05) is 0 Å². The van der Waals surface area contributed by atoms with Gasteiger partial charge >= 0.3 is 6.03 Å². The summed E-state index contributed by atoms with van der Waals surface area (Å²) in [5.74, 6) is -1.52. The summed E-state index contributed by atoms with van der Waals surface area (Å²) in [5.41, 5.74) is 0.301. The van der Waals surface area contributed by atoms with E-state index in [9.17, 15) is 18.8 Å². The van der Waals surface area contributed by atoms with E-state index in [0.717, 1.165) is 23.8 Å². The lowest BCUT2D eigenvalue weighted by Gasteiger charge is -2.16. The molecule has 0 spiro atoms. The summed E-state index contributed by atoms with van der Waals surface area (Å²) in [6.07, 6.45) is 1.79. The van der Waals surface area contributed by atoms with Crippen LogP contribution in [-0.4, -0.2) is 46.8 Å². The number of amides is 4. The van der Waals surface area contributed by atoms with Gasteiger partial charge in [-0.15, -0.1) is 0 Å². The van der Waals surface area contributed by atoms with E-state index in [0.29, 0.717) is 5.69 Å². The lowest BCUT2D eigenvalue weighted by atomic mass is 10.3. The highest BCUT2D eigenvalue weighted by Crippen LogP contribution is 2.30. The Hall–Kier alpha value is -2.15. The van der Waals surface area contributed by atoms with Gasteiger partial charge in [-0.1, -0.05) is 11.6 Å². The molecule has 2 fully saturated rings. The van der Waals surface area contributed by atoms with Crippen LogP contribution in [0.3, 0.4) is 0 Å². The van der Waals surface area contributed by atoms with Crippen LogP contribution in [0.15, 0.2) is 18.2 Å². The Morgan fingerprint density at radius 2 is 2.09 bits per heavy atom. The number of halogens is 2. The number of nitrogens with zero attached hydrogens (tertiary/aromatic N) is 2. The first kappa shape index (κ1) is 14.8. The number of carbonyl (C=O) groups is 3. The van der Waals surface area contributed by atoms with E-state index >= 15 is 0 Å². The molecule has 0 aromatic heterocycles. The molecule has 1 N–H and O–H groups in total. The minimum Gasteiger partial charge on any atom is -0.324 e. The van der Waals surface area contributed by atoms with Crippen LogP contribution in [0, 0.1) is 5.82 Å². The number of urea groups is 1. The number of imide groups is 1. The van der Waals surface area contributed by atoms with Crippen molar-refractivity contribution in [3.8, 4) is 0 Å². The fraction of sp³-hybridized carbons (Fsp3) is 0.357. The molecule has 2 aliphatic rings. The van der Waals surface area contributed by atoms with Gasteiger partial charge in [-0.05, 0) is 31.0 Å². The van der Waals surface area contributed by atoms with Gasteiger partial charge in [-0.25, -0.2) is 9.18 Å². The number of benzene rings is 1. The van der Waals surface area contributed by atoms with Crippen molar-refractivity contribution in [1.29, 1.82) is 0 Å². The third-order valence-electron chi connectivity index (χ3n) is 3.58. The molecule has 1 aromatic carbocycles. The van der Waals surface area contributed by atoms with Gasteiger partial charge in [0.25, 0.3) is 5.91 Å². The van der Waals surface area contributed by atoms with E-state index in [4.69, 9.17) is 11.6 Å². The van der Waals surface area contributed by atoms with Gasteiger partial charge < -0.3 is 10.2 Å². The molecule has 6 nitrogen and oxygen atoms in total. The summed E-state index contributed by atoms with van der Waals surface area (Å²) in [4.78, 5) is 38.2. The molecule has 22 heavy (non-hydrogen) atoms. The summed E-state index contributed by atoms with van der Waals surface area (Å²) >= 11 is 5.62. The molecule has 8 heteroatoms. The molecule has 1 aliphatic heterocycles. The fourth-order valence-electron chi connectivity index (χ4n) is 2.31. The maximum absolute atomic E-state index is 13.0. The summed E-state index contributed by atoms with van der Waals surface area (Å²) in [6.45, 7) is -0.338. The van der Waals surface area contributed by atoms with Crippen molar-refractivity contribution >= 4 is 35.1 Å². The number of nitrogens with one attached hydrogen (secondary N) is 1.